The lowest BCUT2D eigenvalue weighted by atomic mass is 10.3. The molecule has 2 rings (SSSR count). The number of carbonyl (C=O) groups is 1. The first-order valence-electron chi connectivity index (χ1n) is 7.66. The number of amides is 1. The Morgan fingerprint density at radius 3 is 2.68 bits per heavy atom. The van der Waals surface area contributed by atoms with E-state index in [0.29, 0.717) is 21.6 Å². The van der Waals surface area contributed by atoms with Gasteiger partial charge in [0.15, 0.2) is 6.61 Å². The quantitative estimate of drug-likeness (QED) is 0.732. The zero-order chi connectivity index (χ0) is 18.2. The maximum Gasteiger partial charge on any atom is 0.263 e. The number of halogens is 2. The summed E-state index contributed by atoms with van der Waals surface area (Å²) in [6.07, 6.45) is 1.67. The van der Waals surface area contributed by atoms with Gasteiger partial charge in [0.1, 0.15) is 11.6 Å². The summed E-state index contributed by atoms with van der Waals surface area (Å²) in [6, 6.07) is 8.40. The molecule has 0 atom stereocenters. The average Bonchev–Trinajstić information content (AvgIpc) is 2.55. The van der Waals surface area contributed by atoms with Crippen LogP contribution in [-0.2, 0) is 4.79 Å². The highest BCUT2D eigenvalue weighted by molar-refractivity contribution is 6.35. The second-order valence-corrected chi connectivity index (χ2v) is 6.42. The normalized spacial score (nSPS) is 10.6. The molecule has 0 fully saturated rings. The Hall–Kier alpha value is -2.02. The summed E-state index contributed by atoms with van der Waals surface area (Å²) in [7, 11) is 4.02. The third kappa shape index (κ3) is 6.78. The van der Waals surface area contributed by atoms with Crippen molar-refractivity contribution in [2.24, 2.45) is 0 Å². The molecule has 0 aliphatic carbocycles. The van der Waals surface area contributed by atoms with Gasteiger partial charge in [-0.25, -0.2) is 4.98 Å². The molecule has 0 spiro atoms. The molecule has 0 unspecified atom stereocenters. The zero-order valence-electron chi connectivity index (χ0n) is 14.1. The van der Waals surface area contributed by atoms with Crippen molar-refractivity contribution in [3.8, 4) is 5.75 Å². The van der Waals surface area contributed by atoms with Crippen molar-refractivity contribution in [1.29, 1.82) is 0 Å². The lowest BCUT2D eigenvalue weighted by Gasteiger charge is -2.12. The molecule has 1 heterocycles. The van der Waals surface area contributed by atoms with E-state index in [2.05, 4.69) is 20.5 Å². The topological polar surface area (TPSA) is 66.5 Å². The van der Waals surface area contributed by atoms with Gasteiger partial charge in [-0.3, -0.25) is 4.79 Å². The molecule has 0 saturated carbocycles. The molecule has 0 aliphatic heterocycles. The number of hydrogen-bond donors (Lipinski definition) is 2. The van der Waals surface area contributed by atoms with E-state index in [1.807, 2.05) is 20.2 Å². The van der Waals surface area contributed by atoms with E-state index in [9.17, 15) is 4.79 Å². The van der Waals surface area contributed by atoms with Crippen LogP contribution in [0.4, 0.5) is 11.5 Å². The van der Waals surface area contributed by atoms with Crippen molar-refractivity contribution in [1.82, 2.24) is 9.88 Å². The molecule has 2 aromatic rings. The van der Waals surface area contributed by atoms with Crippen LogP contribution in [0.3, 0.4) is 0 Å². The van der Waals surface area contributed by atoms with Gasteiger partial charge in [0.05, 0.1) is 16.9 Å². The Bertz CT molecular complexity index is 708. The van der Waals surface area contributed by atoms with E-state index in [4.69, 9.17) is 27.9 Å². The minimum atomic E-state index is -0.327. The molecule has 8 heteroatoms. The number of pyridine rings is 1. The molecule has 2 N–H and O–H groups in total. The fraction of sp³-hybridized carbons (Fsp3) is 0.294. The van der Waals surface area contributed by atoms with Crippen LogP contribution in [0.15, 0.2) is 36.5 Å². The Morgan fingerprint density at radius 1 is 1.24 bits per heavy atom. The molecule has 0 saturated heterocycles. The van der Waals surface area contributed by atoms with Crippen LogP contribution in [-0.4, -0.2) is 49.6 Å². The Labute approximate surface area is 157 Å². The van der Waals surface area contributed by atoms with Crippen LogP contribution in [0.2, 0.25) is 10.0 Å². The number of nitrogens with one attached hydrogen (secondary N) is 2. The van der Waals surface area contributed by atoms with E-state index in [0.717, 1.165) is 18.8 Å². The second-order valence-electron chi connectivity index (χ2n) is 5.57. The number of rotatable bonds is 8. The van der Waals surface area contributed by atoms with Crippen LogP contribution in [0.1, 0.15) is 0 Å². The number of benzene rings is 1. The monoisotopic (exact) mass is 382 g/mol. The van der Waals surface area contributed by atoms with E-state index in [1.165, 1.54) is 0 Å². The lowest BCUT2D eigenvalue weighted by molar-refractivity contribution is -0.118. The third-order valence-corrected chi connectivity index (χ3v) is 3.70. The second kappa shape index (κ2) is 9.46. The third-order valence-electron chi connectivity index (χ3n) is 3.17. The first-order valence-corrected chi connectivity index (χ1v) is 8.42. The molecule has 134 valence electrons. The summed E-state index contributed by atoms with van der Waals surface area (Å²) >= 11 is 11.8. The molecule has 25 heavy (non-hydrogen) atoms. The number of ether oxygens (including phenoxy) is 1. The summed E-state index contributed by atoms with van der Waals surface area (Å²) in [5.74, 6) is 0.524. The van der Waals surface area contributed by atoms with Gasteiger partial charge in [0, 0.05) is 18.1 Å². The minimum absolute atomic E-state index is 0.175. The predicted molar refractivity (Wildman–Crippen MR) is 102 cm³/mol. The average molecular weight is 383 g/mol. The van der Waals surface area contributed by atoms with Crippen molar-refractivity contribution in [2.75, 3.05) is 44.4 Å². The van der Waals surface area contributed by atoms with Crippen LogP contribution in [0.5, 0.6) is 5.75 Å². The van der Waals surface area contributed by atoms with E-state index in [1.54, 1.807) is 30.5 Å². The summed E-state index contributed by atoms with van der Waals surface area (Å²) in [5.41, 5.74) is 0.893. The van der Waals surface area contributed by atoms with Gasteiger partial charge in [-0.2, -0.15) is 0 Å². The first-order chi connectivity index (χ1) is 11.9. The maximum absolute atomic E-state index is 11.9. The van der Waals surface area contributed by atoms with Crippen molar-refractivity contribution in [3.05, 3.63) is 46.6 Å². The van der Waals surface area contributed by atoms with Gasteiger partial charge in [-0.1, -0.05) is 23.2 Å². The van der Waals surface area contributed by atoms with Gasteiger partial charge in [0.2, 0.25) is 0 Å². The predicted octanol–water partition coefficient (Wildman–Crippen LogP) is 3.38. The molecule has 0 aliphatic rings. The van der Waals surface area contributed by atoms with Gasteiger partial charge in [-0.05, 0) is 44.4 Å². The fourth-order valence-electron chi connectivity index (χ4n) is 1.91. The number of carbonyl (C=O) groups excluding carboxylic acids is 1. The number of aromatic nitrogens is 1. The maximum atomic E-state index is 11.9. The van der Waals surface area contributed by atoms with Crippen LogP contribution >= 0.6 is 23.2 Å². The van der Waals surface area contributed by atoms with E-state index < -0.39 is 0 Å². The van der Waals surface area contributed by atoms with E-state index >= 15 is 0 Å². The van der Waals surface area contributed by atoms with Gasteiger partial charge < -0.3 is 20.3 Å². The molecule has 1 aromatic heterocycles. The van der Waals surface area contributed by atoms with Crippen LogP contribution < -0.4 is 15.4 Å². The molecule has 0 radical (unpaired) electrons. The molecule has 1 aromatic carbocycles. The van der Waals surface area contributed by atoms with Crippen LogP contribution in [0, 0.1) is 0 Å². The first kappa shape index (κ1) is 19.3. The lowest BCUT2D eigenvalue weighted by Crippen LogP contribution is -2.21. The van der Waals surface area contributed by atoms with Gasteiger partial charge >= 0.3 is 0 Å². The highest BCUT2D eigenvalue weighted by atomic mass is 35.5. The van der Waals surface area contributed by atoms with Crippen LogP contribution in [0.25, 0.3) is 0 Å². The Morgan fingerprint density at radius 2 is 2.04 bits per heavy atom. The molecular weight excluding hydrogens is 363 g/mol. The van der Waals surface area contributed by atoms with Crippen molar-refractivity contribution in [3.63, 3.8) is 0 Å². The van der Waals surface area contributed by atoms with Crippen molar-refractivity contribution < 1.29 is 9.53 Å². The summed E-state index contributed by atoms with van der Waals surface area (Å²) in [4.78, 5) is 18.2. The molecule has 0 bridgehead atoms. The standard InChI is InChI=1S/C17H20Cl2N4O2/c1-23(2)8-7-20-13-4-6-16(21-10-13)22-17(24)11-25-15-5-3-12(18)9-14(15)19/h3-6,9-10,20H,7-8,11H2,1-2H3,(H,21,22,24). The number of likely N-dealkylation sites (N-methyl/N-ethyl adjacent to an activating group) is 1. The highest BCUT2D eigenvalue weighted by Crippen LogP contribution is 2.27. The van der Waals surface area contributed by atoms with Gasteiger partial charge in [-0.15, -0.1) is 0 Å². The zero-order valence-corrected chi connectivity index (χ0v) is 15.6. The van der Waals surface area contributed by atoms with Crippen molar-refractivity contribution in [2.45, 2.75) is 0 Å². The molecule has 1 amide bonds. The van der Waals surface area contributed by atoms with Crippen molar-refractivity contribution >= 4 is 40.6 Å². The summed E-state index contributed by atoms with van der Waals surface area (Å²) < 4.78 is 5.38. The number of nitrogens with zero attached hydrogens (tertiary/aromatic N) is 2. The number of anilines is 2. The molecule has 6 nitrogen and oxygen atoms in total. The highest BCUT2D eigenvalue weighted by Gasteiger charge is 2.07. The SMILES string of the molecule is CN(C)CCNc1ccc(NC(=O)COc2ccc(Cl)cc2Cl)nc1. The fourth-order valence-corrected chi connectivity index (χ4v) is 2.37. The minimum Gasteiger partial charge on any atom is -0.482 e. The van der Waals surface area contributed by atoms with Gasteiger partial charge in [0.25, 0.3) is 5.91 Å². The molecular formula is C17H20Cl2N4O2. The number of hydrogen-bond acceptors (Lipinski definition) is 5. The smallest absolute Gasteiger partial charge is 0.263 e. The summed E-state index contributed by atoms with van der Waals surface area (Å²) in [5, 5.41) is 6.77. The summed E-state index contributed by atoms with van der Waals surface area (Å²) in [6.45, 7) is 1.56. The van der Waals surface area contributed by atoms with E-state index in [-0.39, 0.29) is 12.5 Å². The Kier molecular flexibility index (Phi) is 7.31. The largest absolute Gasteiger partial charge is 0.482 e. The Balaban J connectivity index is 1.80.